The Kier molecular flexibility index (Phi) is 4.27. The predicted octanol–water partition coefficient (Wildman–Crippen LogP) is 4.17. The minimum atomic E-state index is -0.420. The van der Waals surface area contributed by atoms with Gasteiger partial charge < -0.3 is 15.0 Å². The normalized spacial score (nSPS) is 10.6. The number of H-pyrrole nitrogens is 1. The first kappa shape index (κ1) is 16.1. The standard InChI is InChI=1S/C18H15ClN2O3/c1-10-14-8-5-12(19)9-15(14)21-16(10)17(22)20-13-6-3-11(4-7-13)18(23)24-2/h3-9,21H,1-2H3,(H,20,22). The molecule has 0 radical (unpaired) electrons. The highest BCUT2D eigenvalue weighted by atomic mass is 35.5. The molecule has 5 nitrogen and oxygen atoms in total. The van der Waals surface area contributed by atoms with E-state index in [4.69, 9.17) is 11.6 Å². The van der Waals surface area contributed by atoms with Gasteiger partial charge in [0.05, 0.1) is 12.7 Å². The third-order valence-electron chi connectivity index (χ3n) is 3.81. The second-order valence-electron chi connectivity index (χ2n) is 5.34. The molecule has 0 aliphatic rings. The molecule has 0 fully saturated rings. The minimum absolute atomic E-state index is 0.259. The van der Waals surface area contributed by atoms with Crippen LogP contribution in [-0.2, 0) is 4.74 Å². The van der Waals surface area contributed by atoms with Gasteiger partial charge in [0.25, 0.3) is 5.91 Å². The number of anilines is 1. The average Bonchev–Trinajstić information content (AvgIpc) is 2.91. The van der Waals surface area contributed by atoms with E-state index in [0.717, 1.165) is 16.5 Å². The van der Waals surface area contributed by atoms with Crippen LogP contribution in [0.25, 0.3) is 10.9 Å². The molecule has 24 heavy (non-hydrogen) atoms. The molecular formula is C18H15ClN2O3. The number of esters is 1. The van der Waals surface area contributed by atoms with Crippen LogP contribution in [0.3, 0.4) is 0 Å². The molecular weight excluding hydrogens is 328 g/mol. The summed E-state index contributed by atoms with van der Waals surface area (Å²) in [6.07, 6.45) is 0. The Labute approximate surface area is 143 Å². The number of aromatic nitrogens is 1. The maximum atomic E-state index is 12.5. The number of aromatic amines is 1. The topological polar surface area (TPSA) is 71.2 Å². The van der Waals surface area contributed by atoms with E-state index in [1.807, 2.05) is 13.0 Å². The SMILES string of the molecule is COC(=O)c1ccc(NC(=O)c2[nH]c3cc(Cl)ccc3c2C)cc1. The summed E-state index contributed by atoms with van der Waals surface area (Å²) < 4.78 is 4.64. The Morgan fingerprint density at radius 3 is 2.50 bits per heavy atom. The van der Waals surface area contributed by atoms with Crippen molar-refractivity contribution in [1.82, 2.24) is 4.98 Å². The number of benzene rings is 2. The molecule has 0 saturated heterocycles. The van der Waals surface area contributed by atoms with Gasteiger partial charge in [0.1, 0.15) is 5.69 Å². The molecule has 0 aliphatic heterocycles. The molecule has 0 aliphatic carbocycles. The van der Waals surface area contributed by atoms with Crippen molar-refractivity contribution < 1.29 is 14.3 Å². The lowest BCUT2D eigenvalue weighted by Gasteiger charge is -2.06. The predicted molar refractivity (Wildman–Crippen MR) is 93.8 cm³/mol. The number of rotatable bonds is 3. The number of amides is 1. The van der Waals surface area contributed by atoms with E-state index >= 15 is 0 Å². The number of aryl methyl sites for hydroxylation is 1. The molecule has 2 aromatic carbocycles. The zero-order valence-electron chi connectivity index (χ0n) is 13.1. The van der Waals surface area contributed by atoms with Gasteiger partial charge in [-0.25, -0.2) is 4.79 Å². The van der Waals surface area contributed by atoms with Crippen LogP contribution in [0.1, 0.15) is 26.4 Å². The Morgan fingerprint density at radius 2 is 1.83 bits per heavy atom. The monoisotopic (exact) mass is 342 g/mol. The Morgan fingerprint density at radius 1 is 1.12 bits per heavy atom. The molecule has 0 atom stereocenters. The average molecular weight is 343 g/mol. The zero-order valence-corrected chi connectivity index (χ0v) is 13.9. The van der Waals surface area contributed by atoms with Crippen molar-refractivity contribution in [2.45, 2.75) is 6.92 Å². The van der Waals surface area contributed by atoms with Gasteiger partial charge in [-0.2, -0.15) is 0 Å². The molecule has 0 bridgehead atoms. The quantitative estimate of drug-likeness (QED) is 0.702. The number of ether oxygens (including phenoxy) is 1. The highest BCUT2D eigenvalue weighted by Gasteiger charge is 2.15. The van der Waals surface area contributed by atoms with Crippen LogP contribution in [0.4, 0.5) is 5.69 Å². The first-order valence-electron chi connectivity index (χ1n) is 7.27. The number of fused-ring (bicyclic) bond motifs is 1. The summed E-state index contributed by atoms with van der Waals surface area (Å²) in [6.45, 7) is 1.88. The van der Waals surface area contributed by atoms with Crippen molar-refractivity contribution in [3.8, 4) is 0 Å². The van der Waals surface area contributed by atoms with Crippen molar-refractivity contribution in [3.63, 3.8) is 0 Å². The lowest BCUT2D eigenvalue weighted by molar-refractivity contribution is 0.0600. The first-order chi connectivity index (χ1) is 11.5. The molecule has 2 N–H and O–H groups in total. The van der Waals surface area contributed by atoms with E-state index in [2.05, 4.69) is 15.0 Å². The second kappa shape index (κ2) is 6.37. The highest BCUT2D eigenvalue weighted by Crippen LogP contribution is 2.25. The number of nitrogens with one attached hydrogen (secondary N) is 2. The van der Waals surface area contributed by atoms with Gasteiger partial charge in [0, 0.05) is 21.6 Å². The molecule has 6 heteroatoms. The van der Waals surface area contributed by atoms with Crippen LogP contribution in [0.2, 0.25) is 5.02 Å². The Hall–Kier alpha value is -2.79. The second-order valence-corrected chi connectivity index (χ2v) is 5.77. The van der Waals surface area contributed by atoms with Gasteiger partial charge in [-0.15, -0.1) is 0 Å². The largest absolute Gasteiger partial charge is 0.465 e. The molecule has 3 rings (SSSR count). The van der Waals surface area contributed by atoms with E-state index in [1.54, 1.807) is 36.4 Å². The summed E-state index contributed by atoms with van der Waals surface area (Å²) in [5.41, 5.74) is 3.15. The van der Waals surface area contributed by atoms with Gasteiger partial charge >= 0.3 is 5.97 Å². The fourth-order valence-electron chi connectivity index (χ4n) is 2.54. The van der Waals surface area contributed by atoms with Gasteiger partial charge in [0.2, 0.25) is 0 Å². The number of carbonyl (C=O) groups excluding carboxylic acids is 2. The molecule has 1 heterocycles. The number of carbonyl (C=O) groups is 2. The summed E-state index contributed by atoms with van der Waals surface area (Å²) in [5, 5.41) is 4.36. The van der Waals surface area contributed by atoms with E-state index in [0.29, 0.717) is 22.0 Å². The van der Waals surface area contributed by atoms with Crippen molar-refractivity contribution >= 4 is 40.1 Å². The van der Waals surface area contributed by atoms with Crippen molar-refractivity contribution in [3.05, 3.63) is 64.3 Å². The molecule has 3 aromatic rings. The fourth-order valence-corrected chi connectivity index (χ4v) is 2.71. The summed E-state index contributed by atoms with van der Waals surface area (Å²) in [6, 6.07) is 12.0. The van der Waals surface area contributed by atoms with Crippen LogP contribution >= 0.6 is 11.6 Å². The molecule has 0 unspecified atom stereocenters. The van der Waals surface area contributed by atoms with Crippen molar-refractivity contribution in [2.24, 2.45) is 0 Å². The molecule has 1 amide bonds. The van der Waals surface area contributed by atoms with Crippen LogP contribution in [0.5, 0.6) is 0 Å². The van der Waals surface area contributed by atoms with Crippen molar-refractivity contribution in [2.75, 3.05) is 12.4 Å². The van der Waals surface area contributed by atoms with Crippen LogP contribution in [0, 0.1) is 6.92 Å². The number of hydrogen-bond donors (Lipinski definition) is 2. The van der Waals surface area contributed by atoms with Gasteiger partial charge in [-0.1, -0.05) is 17.7 Å². The summed E-state index contributed by atoms with van der Waals surface area (Å²) >= 11 is 5.98. The maximum Gasteiger partial charge on any atom is 0.337 e. The lowest BCUT2D eigenvalue weighted by Crippen LogP contribution is -2.13. The third-order valence-corrected chi connectivity index (χ3v) is 4.05. The van der Waals surface area contributed by atoms with Crippen LogP contribution < -0.4 is 5.32 Å². The van der Waals surface area contributed by atoms with Gasteiger partial charge in [-0.05, 0) is 48.9 Å². The number of methoxy groups -OCH3 is 1. The Bertz CT molecular complexity index is 929. The molecule has 0 spiro atoms. The van der Waals surface area contributed by atoms with Crippen LogP contribution in [0.15, 0.2) is 42.5 Å². The first-order valence-corrected chi connectivity index (χ1v) is 7.65. The van der Waals surface area contributed by atoms with Crippen LogP contribution in [-0.4, -0.2) is 24.0 Å². The minimum Gasteiger partial charge on any atom is -0.465 e. The lowest BCUT2D eigenvalue weighted by atomic mass is 10.1. The highest BCUT2D eigenvalue weighted by molar-refractivity contribution is 6.31. The summed E-state index contributed by atoms with van der Waals surface area (Å²) in [4.78, 5) is 27.0. The smallest absolute Gasteiger partial charge is 0.337 e. The molecule has 122 valence electrons. The molecule has 1 aromatic heterocycles. The Balaban J connectivity index is 1.85. The maximum absolute atomic E-state index is 12.5. The van der Waals surface area contributed by atoms with Gasteiger partial charge in [-0.3, -0.25) is 4.79 Å². The van der Waals surface area contributed by atoms with Crippen molar-refractivity contribution in [1.29, 1.82) is 0 Å². The summed E-state index contributed by atoms with van der Waals surface area (Å²) in [5.74, 6) is -0.679. The molecule has 0 saturated carbocycles. The third kappa shape index (κ3) is 2.98. The van der Waals surface area contributed by atoms with Gasteiger partial charge in [0.15, 0.2) is 0 Å². The zero-order chi connectivity index (χ0) is 17.3. The number of halogens is 1. The fraction of sp³-hybridized carbons (Fsp3) is 0.111. The van der Waals surface area contributed by atoms with E-state index in [1.165, 1.54) is 7.11 Å². The number of hydrogen-bond acceptors (Lipinski definition) is 3. The van der Waals surface area contributed by atoms with E-state index in [-0.39, 0.29) is 5.91 Å². The van der Waals surface area contributed by atoms with E-state index in [9.17, 15) is 9.59 Å². The van der Waals surface area contributed by atoms with E-state index < -0.39 is 5.97 Å². The summed E-state index contributed by atoms with van der Waals surface area (Å²) in [7, 11) is 1.32.